The maximum atomic E-state index is 10.2. The van der Waals surface area contributed by atoms with E-state index in [0.29, 0.717) is 10.7 Å². The number of rotatable bonds is 4. The highest BCUT2D eigenvalue weighted by Gasteiger charge is 2.18. The molecule has 3 rings (SSSR count). The Labute approximate surface area is 137 Å². The number of benzene rings is 2. The summed E-state index contributed by atoms with van der Waals surface area (Å²) in [5, 5.41) is 31.2. The highest BCUT2D eigenvalue weighted by Crippen LogP contribution is 2.46. The van der Waals surface area contributed by atoms with Crippen LogP contribution < -0.4 is 5.32 Å². The molecular formula is C17H12N4OS. The van der Waals surface area contributed by atoms with Crippen molar-refractivity contribution in [3.8, 4) is 11.8 Å². The minimum absolute atomic E-state index is 0.157. The number of hydrogen-bond donors (Lipinski definition) is 2. The number of nitrogens with zero attached hydrogens (tertiary/aromatic N) is 3. The van der Waals surface area contributed by atoms with Crippen LogP contribution in [0.25, 0.3) is 0 Å². The smallest absolute Gasteiger partial charge is 0.174 e. The second kappa shape index (κ2) is 6.73. The van der Waals surface area contributed by atoms with Crippen molar-refractivity contribution in [2.45, 2.75) is 0 Å². The average molecular weight is 320 g/mol. The molecule has 0 aliphatic rings. The van der Waals surface area contributed by atoms with Gasteiger partial charge in [0.15, 0.2) is 16.3 Å². The second-order valence-electron chi connectivity index (χ2n) is 4.60. The van der Waals surface area contributed by atoms with E-state index in [0.717, 1.165) is 17.0 Å². The average Bonchev–Trinajstić information content (AvgIpc) is 2.90. The van der Waals surface area contributed by atoms with E-state index in [9.17, 15) is 5.11 Å². The molecule has 0 aliphatic carbocycles. The number of nitrogens with one attached hydrogen (secondary N) is 1. The number of aromatic hydroxyl groups is 1. The van der Waals surface area contributed by atoms with Crippen LogP contribution in [0.1, 0.15) is 4.88 Å². The lowest BCUT2D eigenvalue weighted by Crippen LogP contribution is -1.86. The maximum absolute atomic E-state index is 10.2. The largest absolute Gasteiger partial charge is 0.504 e. The van der Waals surface area contributed by atoms with Crippen LogP contribution >= 0.6 is 11.3 Å². The summed E-state index contributed by atoms with van der Waals surface area (Å²) < 4.78 is 0. The second-order valence-corrected chi connectivity index (χ2v) is 5.62. The number of thiophene rings is 1. The predicted molar refractivity (Wildman–Crippen MR) is 91.0 cm³/mol. The highest BCUT2D eigenvalue weighted by atomic mass is 32.1. The fraction of sp³-hybridized carbons (Fsp3) is 0. The summed E-state index contributed by atoms with van der Waals surface area (Å²) in [6.07, 6.45) is 0. The Morgan fingerprint density at radius 3 is 2.26 bits per heavy atom. The molecule has 23 heavy (non-hydrogen) atoms. The zero-order chi connectivity index (χ0) is 16.1. The molecule has 1 heterocycles. The van der Waals surface area contributed by atoms with Crippen LogP contribution in [0.15, 0.2) is 70.9 Å². The third kappa shape index (κ3) is 3.36. The van der Waals surface area contributed by atoms with Gasteiger partial charge in [-0.15, -0.1) is 16.5 Å². The molecule has 0 radical (unpaired) electrons. The van der Waals surface area contributed by atoms with E-state index in [2.05, 4.69) is 15.5 Å². The first-order valence-electron chi connectivity index (χ1n) is 6.82. The molecule has 0 saturated carbocycles. The molecule has 0 aliphatic heterocycles. The van der Waals surface area contributed by atoms with Crippen LogP contribution in [-0.2, 0) is 0 Å². The molecule has 0 atom stereocenters. The minimum atomic E-state index is -0.157. The van der Waals surface area contributed by atoms with Gasteiger partial charge in [-0.1, -0.05) is 36.4 Å². The van der Waals surface area contributed by atoms with Crippen LogP contribution in [0.2, 0.25) is 0 Å². The van der Waals surface area contributed by atoms with Gasteiger partial charge in [0.2, 0.25) is 0 Å². The van der Waals surface area contributed by atoms with Gasteiger partial charge in [-0.2, -0.15) is 10.4 Å². The van der Waals surface area contributed by atoms with Crippen LogP contribution in [0.5, 0.6) is 5.75 Å². The van der Waals surface area contributed by atoms with Gasteiger partial charge in [0.1, 0.15) is 11.1 Å². The van der Waals surface area contributed by atoms with Gasteiger partial charge < -0.3 is 10.4 Å². The van der Waals surface area contributed by atoms with Gasteiger partial charge in [-0.25, -0.2) is 0 Å². The van der Waals surface area contributed by atoms with E-state index >= 15 is 0 Å². The van der Waals surface area contributed by atoms with Gasteiger partial charge in [0.05, 0.1) is 5.69 Å². The lowest BCUT2D eigenvalue weighted by Gasteiger charge is -2.03. The highest BCUT2D eigenvalue weighted by molar-refractivity contribution is 7.17. The van der Waals surface area contributed by atoms with Gasteiger partial charge in [-0.3, -0.25) is 0 Å². The molecule has 3 aromatic rings. The third-order valence-corrected chi connectivity index (χ3v) is 4.00. The molecule has 0 bridgehead atoms. The monoisotopic (exact) mass is 320 g/mol. The minimum Gasteiger partial charge on any atom is -0.504 e. The molecule has 0 amide bonds. The third-order valence-electron chi connectivity index (χ3n) is 3.01. The molecule has 0 spiro atoms. The zero-order valence-corrected chi connectivity index (χ0v) is 12.8. The van der Waals surface area contributed by atoms with Gasteiger partial charge in [-0.05, 0) is 24.3 Å². The summed E-state index contributed by atoms with van der Waals surface area (Å²) in [5.74, 6) is -0.157. The number of azo groups is 1. The normalized spacial score (nSPS) is 10.6. The van der Waals surface area contributed by atoms with Crippen molar-refractivity contribution >= 4 is 33.4 Å². The Balaban J connectivity index is 1.96. The van der Waals surface area contributed by atoms with Crippen molar-refractivity contribution < 1.29 is 5.11 Å². The SMILES string of the molecule is N#Cc1sc(Nc2ccccc2)c(N=Nc2ccccc2)c1O. The molecular weight excluding hydrogens is 308 g/mol. The van der Waals surface area contributed by atoms with Crippen molar-refractivity contribution in [1.82, 2.24) is 0 Å². The first kappa shape index (κ1) is 14.8. The van der Waals surface area contributed by atoms with E-state index < -0.39 is 0 Å². The van der Waals surface area contributed by atoms with Crippen LogP contribution in [0, 0.1) is 11.3 Å². The molecule has 112 valence electrons. The Hall–Kier alpha value is -3.17. The van der Waals surface area contributed by atoms with Gasteiger partial charge in [0, 0.05) is 5.69 Å². The summed E-state index contributed by atoms with van der Waals surface area (Å²) in [5.41, 5.74) is 1.77. The quantitative estimate of drug-likeness (QED) is 0.624. The van der Waals surface area contributed by atoms with E-state index in [1.54, 1.807) is 0 Å². The predicted octanol–water partition coefficient (Wildman–Crippen LogP) is 5.48. The van der Waals surface area contributed by atoms with E-state index in [4.69, 9.17) is 5.26 Å². The summed E-state index contributed by atoms with van der Waals surface area (Å²) in [7, 11) is 0. The lowest BCUT2D eigenvalue weighted by molar-refractivity contribution is 0.477. The zero-order valence-electron chi connectivity index (χ0n) is 12.0. The molecule has 0 saturated heterocycles. The lowest BCUT2D eigenvalue weighted by atomic mass is 10.3. The molecule has 0 fully saturated rings. The van der Waals surface area contributed by atoms with Crippen molar-refractivity contribution in [1.29, 1.82) is 5.26 Å². The Morgan fingerprint density at radius 1 is 0.957 bits per heavy atom. The van der Waals surface area contributed by atoms with Crippen molar-refractivity contribution in [2.75, 3.05) is 5.32 Å². The summed E-state index contributed by atoms with van der Waals surface area (Å²) in [6, 6.07) is 20.7. The maximum Gasteiger partial charge on any atom is 0.174 e. The van der Waals surface area contributed by atoms with Crippen molar-refractivity contribution in [3.05, 3.63) is 65.5 Å². The van der Waals surface area contributed by atoms with Crippen LogP contribution in [0.3, 0.4) is 0 Å². The number of para-hydroxylation sites is 1. The fourth-order valence-corrected chi connectivity index (χ4v) is 2.77. The number of hydrogen-bond acceptors (Lipinski definition) is 6. The summed E-state index contributed by atoms with van der Waals surface area (Å²) in [6.45, 7) is 0. The van der Waals surface area contributed by atoms with E-state index in [1.807, 2.05) is 66.7 Å². The summed E-state index contributed by atoms with van der Waals surface area (Å²) in [4.78, 5) is 0.199. The molecule has 1 aromatic heterocycles. The molecule has 6 heteroatoms. The Bertz CT molecular complexity index is 867. The molecule has 2 N–H and O–H groups in total. The Kier molecular flexibility index (Phi) is 4.32. The number of anilines is 2. The fourth-order valence-electron chi connectivity index (χ4n) is 1.92. The van der Waals surface area contributed by atoms with Crippen LogP contribution in [0.4, 0.5) is 22.1 Å². The first-order chi connectivity index (χ1) is 11.3. The van der Waals surface area contributed by atoms with Crippen LogP contribution in [-0.4, -0.2) is 5.11 Å². The molecule has 0 unspecified atom stereocenters. The first-order valence-corrected chi connectivity index (χ1v) is 7.64. The Morgan fingerprint density at radius 2 is 1.61 bits per heavy atom. The topological polar surface area (TPSA) is 80.8 Å². The van der Waals surface area contributed by atoms with Crippen molar-refractivity contribution in [2.24, 2.45) is 10.2 Å². The molecule has 2 aromatic carbocycles. The van der Waals surface area contributed by atoms with Gasteiger partial charge >= 0.3 is 0 Å². The van der Waals surface area contributed by atoms with Gasteiger partial charge in [0.25, 0.3) is 0 Å². The number of nitriles is 1. The molecule has 5 nitrogen and oxygen atoms in total. The standard InChI is InChI=1S/C17H12N4OS/c18-11-14-16(22)15(21-20-13-9-5-2-6-10-13)17(23-14)19-12-7-3-1-4-8-12/h1-10,19,22H. The van der Waals surface area contributed by atoms with Crippen molar-refractivity contribution in [3.63, 3.8) is 0 Å². The summed E-state index contributed by atoms with van der Waals surface area (Å²) >= 11 is 1.14. The van der Waals surface area contributed by atoms with E-state index in [1.165, 1.54) is 0 Å². The van der Waals surface area contributed by atoms with E-state index in [-0.39, 0.29) is 16.3 Å².